The first kappa shape index (κ1) is 10.8. The van der Waals surface area contributed by atoms with E-state index in [1.165, 1.54) is 6.20 Å². The Balaban J connectivity index is 4.31. The molecule has 4 heteroatoms. The van der Waals surface area contributed by atoms with Crippen molar-refractivity contribution in [3.05, 3.63) is 12.8 Å². The van der Waals surface area contributed by atoms with Gasteiger partial charge in [-0.25, -0.2) is 9.98 Å². The molecule has 0 amide bonds. The van der Waals surface area contributed by atoms with Gasteiger partial charge in [-0.2, -0.15) is 0 Å². The summed E-state index contributed by atoms with van der Waals surface area (Å²) >= 11 is 0. The van der Waals surface area contributed by atoms with Crippen LogP contribution < -0.4 is 5.73 Å². The molecule has 0 aliphatic carbocycles. The molecule has 0 rings (SSSR count). The minimum absolute atomic E-state index is 0.581. The summed E-state index contributed by atoms with van der Waals surface area (Å²) in [5.74, 6) is 0.581. The van der Waals surface area contributed by atoms with Gasteiger partial charge in [0, 0.05) is 25.8 Å². The number of nitrogens with two attached hydrogens (primary N) is 1. The molecule has 4 nitrogen and oxygen atoms in total. The molecule has 0 fully saturated rings. The van der Waals surface area contributed by atoms with Crippen LogP contribution in [0.4, 0.5) is 0 Å². The summed E-state index contributed by atoms with van der Waals surface area (Å²) in [4.78, 5) is 9.66. The van der Waals surface area contributed by atoms with Crippen LogP contribution in [0.3, 0.4) is 0 Å². The topological polar surface area (TPSA) is 54.0 Å². The Morgan fingerprint density at radius 3 is 2.67 bits per heavy atom. The molecule has 12 heavy (non-hydrogen) atoms. The first-order chi connectivity index (χ1) is 5.79. The summed E-state index contributed by atoms with van der Waals surface area (Å²) < 4.78 is 0. The zero-order valence-corrected chi connectivity index (χ0v) is 7.53. The standard InChI is InChI=1S/C8H16N4/c1-4-11-8(10-3)12(5-2)7-6-9/h4H,1,3,5-7,9H2,2H3. The lowest BCUT2D eigenvalue weighted by molar-refractivity contribution is 0.447. The lowest BCUT2D eigenvalue weighted by Gasteiger charge is -2.19. The van der Waals surface area contributed by atoms with Crippen molar-refractivity contribution in [2.24, 2.45) is 15.7 Å². The summed E-state index contributed by atoms with van der Waals surface area (Å²) in [6.45, 7) is 11.1. The maximum absolute atomic E-state index is 5.41. The Morgan fingerprint density at radius 2 is 2.33 bits per heavy atom. The zero-order chi connectivity index (χ0) is 9.40. The van der Waals surface area contributed by atoms with Crippen molar-refractivity contribution in [1.29, 1.82) is 0 Å². The number of hydrogen-bond acceptors (Lipinski definition) is 2. The molecule has 0 unspecified atom stereocenters. The molecule has 68 valence electrons. The third-order valence-corrected chi connectivity index (χ3v) is 1.41. The first-order valence-electron chi connectivity index (χ1n) is 3.90. The van der Waals surface area contributed by atoms with E-state index in [0.29, 0.717) is 12.5 Å². The molecule has 0 radical (unpaired) electrons. The Labute approximate surface area is 73.5 Å². The fourth-order valence-electron chi connectivity index (χ4n) is 0.859. The van der Waals surface area contributed by atoms with Crippen molar-refractivity contribution >= 4 is 12.7 Å². The highest BCUT2D eigenvalue weighted by atomic mass is 15.3. The van der Waals surface area contributed by atoms with Gasteiger partial charge >= 0.3 is 0 Å². The van der Waals surface area contributed by atoms with Crippen LogP contribution in [0.1, 0.15) is 6.92 Å². The largest absolute Gasteiger partial charge is 0.340 e. The van der Waals surface area contributed by atoms with Crippen LogP contribution in [0, 0.1) is 0 Å². The molecule has 0 atom stereocenters. The van der Waals surface area contributed by atoms with Crippen LogP contribution in [0.2, 0.25) is 0 Å². The van der Waals surface area contributed by atoms with E-state index in [9.17, 15) is 0 Å². The molecule has 0 heterocycles. The van der Waals surface area contributed by atoms with Gasteiger partial charge in [0.2, 0.25) is 5.96 Å². The third-order valence-electron chi connectivity index (χ3n) is 1.41. The van der Waals surface area contributed by atoms with Crippen molar-refractivity contribution < 1.29 is 0 Å². The van der Waals surface area contributed by atoms with Gasteiger partial charge in [-0.1, -0.05) is 6.58 Å². The molecular weight excluding hydrogens is 152 g/mol. The van der Waals surface area contributed by atoms with Gasteiger partial charge in [0.25, 0.3) is 0 Å². The smallest absolute Gasteiger partial charge is 0.224 e. The molecule has 0 aromatic rings. The number of hydrogen-bond donors (Lipinski definition) is 1. The fourth-order valence-corrected chi connectivity index (χ4v) is 0.859. The van der Waals surface area contributed by atoms with E-state index in [4.69, 9.17) is 5.73 Å². The highest BCUT2D eigenvalue weighted by Crippen LogP contribution is 1.92. The van der Waals surface area contributed by atoms with E-state index in [2.05, 4.69) is 23.3 Å². The van der Waals surface area contributed by atoms with Crippen LogP contribution in [0.15, 0.2) is 22.8 Å². The molecule has 2 N–H and O–H groups in total. The van der Waals surface area contributed by atoms with Gasteiger partial charge in [-0.15, -0.1) is 0 Å². The minimum atomic E-state index is 0.581. The van der Waals surface area contributed by atoms with Gasteiger partial charge in [-0.05, 0) is 13.6 Å². The second-order valence-electron chi connectivity index (χ2n) is 2.14. The molecule has 0 saturated carbocycles. The van der Waals surface area contributed by atoms with Crippen LogP contribution in [0.5, 0.6) is 0 Å². The van der Waals surface area contributed by atoms with Gasteiger partial charge in [0.15, 0.2) is 0 Å². The maximum Gasteiger partial charge on any atom is 0.224 e. The summed E-state index contributed by atoms with van der Waals surface area (Å²) in [6.07, 6.45) is 1.45. The highest BCUT2D eigenvalue weighted by Gasteiger charge is 2.04. The Bertz CT molecular complexity index is 174. The molecule has 0 spiro atoms. The van der Waals surface area contributed by atoms with Crippen LogP contribution in [-0.4, -0.2) is 37.2 Å². The van der Waals surface area contributed by atoms with E-state index in [-0.39, 0.29) is 0 Å². The van der Waals surface area contributed by atoms with E-state index in [1.807, 2.05) is 11.8 Å². The van der Waals surface area contributed by atoms with E-state index < -0.39 is 0 Å². The van der Waals surface area contributed by atoms with Crippen molar-refractivity contribution in [2.45, 2.75) is 6.92 Å². The zero-order valence-electron chi connectivity index (χ0n) is 7.53. The Hall–Kier alpha value is -1.16. The second-order valence-corrected chi connectivity index (χ2v) is 2.14. The number of aliphatic imine (C=N–C) groups is 2. The molecule has 0 aromatic heterocycles. The molecular formula is C8H16N4. The highest BCUT2D eigenvalue weighted by molar-refractivity contribution is 5.84. The third kappa shape index (κ3) is 3.30. The van der Waals surface area contributed by atoms with Crippen LogP contribution in [-0.2, 0) is 0 Å². The quantitative estimate of drug-likeness (QED) is 0.490. The Kier molecular flexibility index (Phi) is 5.91. The molecule has 0 aliphatic heterocycles. The van der Waals surface area contributed by atoms with Gasteiger partial charge < -0.3 is 10.6 Å². The average Bonchev–Trinajstić information content (AvgIpc) is 2.11. The number of nitrogens with zero attached hydrogens (tertiary/aromatic N) is 3. The van der Waals surface area contributed by atoms with Crippen molar-refractivity contribution in [3.63, 3.8) is 0 Å². The van der Waals surface area contributed by atoms with Crippen molar-refractivity contribution in [3.8, 4) is 0 Å². The fraction of sp³-hybridized carbons (Fsp3) is 0.500. The molecule has 0 bridgehead atoms. The predicted molar refractivity (Wildman–Crippen MR) is 53.5 cm³/mol. The van der Waals surface area contributed by atoms with Crippen LogP contribution >= 0.6 is 0 Å². The Morgan fingerprint density at radius 1 is 1.67 bits per heavy atom. The van der Waals surface area contributed by atoms with E-state index in [1.54, 1.807) is 0 Å². The molecule has 0 aromatic carbocycles. The normalized spacial score (nSPS) is 11.0. The van der Waals surface area contributed by atoms with Gasteiger partial charge in [0.1, 0.15) is 0 Å². The SMILES string of the molecule is C=CN=C(N=C)N(CC)CCN. The van der Waals surface area contributed by atoms with E-state index >= 15 is 0 Å². The lowest BCUT2D eigenvalue weighted by atomic mass is 10.5. The van der Waals surface area contributed by atoms with E-state index in [0.717, 1.165) is 13.1 Å². The summed E-state index contributed by atoms with van der Waals surface area (Å²) in [6, 6.07) is 0. The monoisotopic (exact) mass is 168 g/mol. The molecule has 0 aliphatic rings. The summed E-state index contributed by atoms with van der Waals surface area (Å²) in [7, 11) is 0. The molecule has 0 saturated heterocycles. The number of likely N-dealkylation sites (N-methyl/N-ethyl adjacent to an activating group) is 1. The average molecular weight is 168 g/mol. The first-order valence-corrected chi connectivity index (χ1v) is 3.90. The minimum Gasteiger partial charge on any atom is -0.340 e. The van der Waals surface area contributed by atoms with Crippen LogP contribution in [0.25, 0.3) is 0 Å². The summed E-state index contributed by atoms with van der Waals surface area (Å²) in [5, 5.41) is 0. The lowest BCUT2D eigenvalue weighted by Crippen LogP contribution is -2.33. The summed E-state index contributed by atoms with van der Waals surface area (Å²) in [5.41, 5.74) is 5.41. The number of guanidine groups is 1. The maximum atomic E-state index is 5.41. The van der Waals surface area contributed by atoms with Gasteiger partial charge in [-0.3, -0.25) is 0 Å². The van der Waals surface area contributed by atoms with Crippen molar-refractivity contribution in [1.82, 2.24) is 4.90 Å². The van der Waals surface area contributed by atoms with Crippen molar-refractivity contribution in [2.75, 3.05) is 19.6 Å². The van der Waals surface area contributed by atoms with Gasteiger partial charge in [0.05, 0.1) is 0 Å². The number of rotatable bonds is 4. The second kappa shape index (κ2) is 6.54. The predicted octanol–water partition coefficient (Wildman–Crippen LogP) is 0.467.